The third-order valence-corrected chi connectivity index (χ3v) is 2.76. The number of carbonyl (C=O) groups is 2. The molecule has 0 spiro atoms. The van der Waals surface area contributed by atoms with E-state index in [-0.39, 0.29) is 18.5 Å². The summed E-state index contributed by atoms with van der Waals surface area (Å²) in [6.07, 6.45) is 0. The maximum Gasteiger partial charge on any atom is 0.320 e. The second kappa shape index (κ2) is 6.44. The average molecular weight is 243 g/mol. The summed E-state index contributed by atoms with van der Waals surface area (Å²) in [4.78, 5) is 28.5. The van der Waals surface area contributed by atoms with Gasteiger partial charge >= 0.3 is 6.03 Å². The fraction of sp³-hybridized carbons (Fsp3) is 0.818. The van der Waals surface area contributed by atoms with Crippen molar-refractivity contribution in [2.75, 3.05) is 53.5 Å². The van der Waals surface area contributed by atoms with Crippen LogP contribution in [-0.2, 0) is 9.53 Å². The molecule has 0 aromatic carbocycles. The van der Waals surface area contributed by atoms with Crippen LogP contribution in [0.3, 0.4) is 0 Å². The Labute approximate surface area is 102 Å². The fourth-order valence-corrected chi connectivity index (χ4v) is 1.57. The van der Waals surface area contributed by atoms with Gasteiger partial charge in [0, 0.05) is 33.7 Å². The molecule has 0 atom stereocenters. The topological polar surface area (TPSA) is 53.1 Å². The van der Waals surface area contributed by atoms with Crippen LogP contribution in [-0.4, -0.2) is 80.1 Å². The van der Waals surface area contributed by atoms with Gasteiger partial charge < -0.3 is 19.4 Å². The van der Waals surface area contributed by atoms with Crippen LogP contribution in [0.1, 0.15) is 6.92 Å². The van der Waals surface area contributed by atoms with Gasteiger partial charge in [0.25, 0.3) is 0 Å². The molecule has 0 aromatic rings. The molecule has 0 unspecified atom stereocenters. The minimum absolute atomic E-state index is 0.0616. The van der Waals surface area contributed by atoms with Crippen LogP contribution in [0, 0.1) is 0 Å². The van der Waals surface area contributed by atoms with Crippen molar-refractivity contribution in [3.8, 4) is 0 Å². The summed E-state index contributed by atoms with van der Waals surface area (Å²) in [5.41, 5.74) is 0. The zero-order chi connectivity index (χ0) is 12.8. The molecule has 98 valence electrons. The van der Waals surface area contributed by atoms with Crippen molar-refractivity contribution in [2.24, 2.45) is 0 Å². The molecule has 0 aliphatic carbocycles. The van der Waals surface area contributed by atoms with Crippen LogP contribution in [0.15, 0.2) is 0 Å². The molecule has 1 saturated heterocycles. The molecule has 1 heterocycles. The molecule has 1 fully saturated rings. The largest absolute Gasteiger partial charge is 0.378 e. The summed E-state index contributed by atoms with van der Waals surface area (Å²) in [5.74, 6) is -0.0616. The zero-order valence-electron chi connectivity index (χ0n) is 10.8. The van der Waals surface area contributed by atoms with E-state index in [0.29, 0.717) is 32.8 Å². The Hall–Kier alpha value is -1.30. The van der Waals surface area contributed by atoms with Crippen molar-refractivity contribution in [1.82, 2.24) is 14.7 Å². The summed E-state index contributed by atoms with van der Waals surface area (Å²) < 4.78 is 5.19. The SMILES string of the molecule is CCN(CC(=O)N(C)C)C(=O)N1CCOCC1. The van der Waals surface area contributed by atoms with Gasteiger partial charge in [-0.1, -0.05) is 0 Å². The number of urea groups is 1. The lowest BCUT2D eigenvalue weighted by molar-refractivity contribution is -0.129. The van der Waals surface area contributed by atoms with E-state index in [1.54, 1.807) is 23.9 Å². The van der Waals surface area contributed by atoms with E-state index >= 15 is 0 Å². The van der Waals surface area contributed by atoms with Crippen LogP contribution in [0.2, 0.25) is 0 Å². The molecular formula is C11H21N3O3. The molecule has 0 aromatic heterocycles. The third-order valence-electron chi connectivity index (χ3n) is 2.76. The van der Waals surface area contributed by atoms with Crippen LogP contribution < -0.4 is 0 Å². The number of rotatable bonds is 3. The second-order valence-electron chi connectivity index (χ2n) is 4.18. The van der Waals surface area contributed by atoms with Gasteiger partial charge in [-0.15, -0.1) is 0 Å². The lowest BCUT2D eigenvalue weighted by Crippen LogP contribution is -2.50. The Morgan fingerprint density at radius 1 is 1.24 bits per heavy atom. The molecule has 17 heavy (non-hydrogen) atoms. The standard InChI is InChI=1S/C11H21N3O3/c1-4-13(9-10(15)12(2)3)11(16)14-5-7-17-8-6-14/h4-9H2,1-3H3. The van der Waals surface area contributed by atoms with E-state index in [1.165, 1.54) is 4.90 Å². The smallest absolute Gasteiger partial charge is 0.320 e. The zero-order valence-corrected chi connectivity index (χ0v) is 10.8. The number of likely N-dealkylation sites (N-methyl/N-ethyl adjacent to an activating group) is 2. The molecular weight excluding hydrogens is 222 g/mol. The van der Waals surface area contributed by atoms with Crippen LogP contribution in [0.5, 0.6) is 0 Å². The first-order valence-electron chi connectivity index (χ1n) is 5.88. The van der Waals surface area contributed by atoms with E-state index in [2.05, 4.69) is 0 Å². The van der Waals surface area contributed by atoms with Crippen molar-refractivity contribution < 1.29 is 14.3 Å². The van der Waals surface area contributed by atoms with Crippen molar-refractivity contribution >= 4 is 11.9 Å². The molecule has 1 aliphatic rings. The van der Waals surface area contributed by atoms with E-state index in [1.807, 2.05) is 6.92 Å². The molecule has 6 heteroatoms. The van der Waals surface area contributed by atoms with Crippen molar-refractivity contribution in [1.29, 1.82) is 0 Å². The molecule has 0 saturated carbocycles. The third kappa shape index (κ3) is 3.89. The van der Waals surface area contributed by atoms with Gasteiger partial charge in [-0.2, -0.15) is 0 Å². The van der Waals surface area contributed by atoms with Crippen molar-refractivity contribution in [3.63, 3.8) is 0 Å². The Morgan fingerprint density at radius 2 is 1.82 bits per heavy atom. The maximum atomic E-state index is 12.1. The Morgan fingerprint density at radius 3 is 2.29 bits per heavy atom. The van der Waals surface area contributed by atoms with E-state index < -0.39 is 0 Å². The summed E-state index contributed by atoms with van der Waals surface area (Å²) in [6.45, 7) is 4.91. The number of nitrogens with zero attached hydrogens (tertiary/aromatic N) is 3. The van der Waals surface area contributed by atoms with Gasteiger partial charge in [-0.3, -0.25) is 4.79 Å². The van der Waals surface area contributed by atoms with E-state index in [9.17, 15) is 9.59 Å². The van der Waals surface area contributed by atoms with Crippen molar-refractivity contribution in [2.45, 2.75) is 6.92 Å². The summed E-state index contributed by atoms with van der Waals surface area (Å²) in [6, 6.07) is -0.0778. The minimum atomic E-state index is -0.0778. The Kier molecular flexibility index (Phi) is 5.21. The van der Waals surface area contributed by atoms with Gasteiger partial charge in [-0.05, 0) is 6.92 Å². The van der Waals surface area contributed by atoms with Gasteiger partial charge in [0.2, 0.25) is 5.91 Å². The van der Waals surface area contributed by atoms with E-state index in [0.717, 1.165) is 0 Å². The molecule has 0 N–H and O–H groups in total. The average Bonchev–Trinajstić information content (AvgIpc) is 2.35. The number of amides is 3. The molecule has 0 radical (unpaired) electrons. The van der Waals surface area contributed by atoms with Crippen LogP contribution >= 0.6 is 0 Å². The van der Waals surface area contributed by atoms with E-state index in [4.69, 9.17) is 4.74 Å². The molecule has 3 amide bonds. The van der Waals surface area contributed by atoms with Crippen molar-refractivity contribution in [3.05, 3.63) is 0 Å². The minimum Gasteiger partial charge on any atom is -0.378 e. The monoisotopic (exact) mass is 243 g/mol. The van der Waals surface area contributed by atoms with Gasteiger partial charge in [-0.25, -0.2) is 4.79 Å². The first-order chi connectivity index (χ1) is 8.06. The molecule has 6 nitrogen and oxygen atoms in total. The van der Waals surface area contributed by atoms with Gasteiger partial charge in [0.1, 0.15) is 6.54 Å². The first kappa shape index (κ1) is 13.8. The highest BCUT2D eigenvalue weighted by molar-refractivity contribution is 5.83. The highest BCUT2D eigenvalue weighted by atomic mass is 16.5. The van der Waals surface area contributed by atoms with Crippen LogP contribution in [0.4, 0.5) is 4.79 Å². The maximum absolute atomic E-state index is 12.1. The number of hydrogen-bond acceptors (Lipinski definition) is 3. The number of morpholine rings is 1. The predicted molar refractivity (Wildman–Crippen MR) is 63.7 cm³/mol. The number of hydrogen-bond donors (Lipinski definition) is 0. The molecule has 1 rings (SSSR count). The second-order valence-corrected chi connectivity index (χ2v) is 4.18. The Bertz CT molecular complexity index is 275. The quantitative estimate of drug-likeness (QED) is 0.692. The normalized spacial score (nSPS) is 15.6. The Balaban J connectivity index is 2.53. The fourth-order valence-electron chi connectivity index (χ4n) is 1.57. The first-order valence-corrected chi connectivity index (χ1v) is 5.88. The summed E-state index contributed by atoms with van der Waals surface area (Å²) >= 11 is 0. The lowest BCUT2D eigenvalue weighted by atomic mass is 10.4. The van der Waals surface area contributed by atoms with Gasteiger partial charge in [0.05, 0.1) is 13.2 Å². The van der Waals surface area contributed by atoms with Gasteiger partial charge in [0.15, 0.2) is 0 Å². The highest BCUT2D eigenvalue weighted by Crippen LogP contribution is 2.03. The molecule has 0 bridgehead atoms. The lowest BCUT2D eigenvalue weighted by Gasteiger charge is -2.32. The van der Waals surface area contributed by atoms with Crippen LogP contribution in [0.25, 0.3) is 0 Å². The predicted octanol–water partition coefficient (Wildman–Crippen LogP) is -0.151. The summed E-state index contributed by atoms with van der Waals surface area (Å²) in [5, 5.41) is 0. The summed E-state index contributed by atoms with van der Waals surface area (Å²) in [7, 11) is 3.38. The number of ether oxygens (including phenoxy) is 1. The molecule has 1 aliphatic heterocycles. The highest BCUT2D eigenvalue weighted by Gasteiger charge is 2.23. The number of carbonyl (C=O) groups excluding carboxylic acids is 2.